The van der Waals surface area contributed by atoms with Crippen LogP contribution < -0.4 is 15.7 Å². The van der Waals surface area contributed by atoms with Crippen LogP contribution >= 0.6 is 0 Å². The minimum Gasteiger partial charge on any atom is -0.497 e. The number of rotatable bonds is 7. The van der Waals surface area contributed by atoms with E-state index in [0.29, 0.717) is 11.3 Å². The Bertz CT molecular complexity index is 1190. The summed E-state index contributed by atoms with van der Waals surface area (Å²) in [6, 6.07) is 12.2. The fraction of sp³-hybridized carbons (Fsp3) is 0.300. The van der Waals surface area contributed by atoms with Gasteiger partial charge in [0, 0.05) is 6.04 Å². The number of aromatic nitrogens is 2. The van der Waals surface area contributed by atoms with Crippen LogP contribution in [0.2, 0.25) is 0 Å². The molecular weight excluding hydrogens is 394 g/mol. The molecule has 0 radical (unpaired) electrons. The van der Waals surface area contributed by atoms with Crippen molar-refractivity contribution in [2.75, 3.05) is 7.11 Å². The van der Waals surface area contributed by atoms with E-state index in [0.717, 1.165) is 10.4 Å². The first-order valence-corrected chi connectivity index (χ1v) is 10.6. The smallest absolute Gasteiger partial charge is 0.343 e. The van der Waals surface area contributed by atoms with Gasteiger partial charge in [0.1, 0.15) is 12.3 Å². The topological polar surface area (TPSA) is 99.4 Å². The monoisotopic (exact) mass is 417 g/mol. The van der Waals surface area contributed by atoms with Crippen LogP contribution in [0.5, 0.6) is 5.75 Å². The van der Waals surface area contributed by atoms with Crippen molar-refractivity contribution in [2.45, 2.75) is 37.8 Å². The Morgan fingerprint density at radius 3 is 2.31 bits per heavy atom. The Labute approximate surface area is 168 Å². The summed E-state index contributed by atoms with van der Waals surface area (Å²) < 4.78 is 33.4. The van der Waals surface area contributed by atoms with Crippen LogP contribution in [0.4, 0.5) is 0 Å². The van der Waals surface area contributed by atoms with E-state index in [9.17, 15) is 18.0 Å². The number of hydrogen-bond acceptors (Lipinski definition) is 5. The fourth-order valence-electron chi connectivity index (χ4n) is 2.98. The third kappa shape index (κ3) is 3.91. The largest absolute Gasteiger partial charge is 0.497 e. The van der Waals surface area contributed by atoms with E-state index in [1.807, 2.05) is 13.8 Å². The molecule has 3 aromatic rings. The summed E-state index contributed by atoms with van der Waals surface area (Å²) in [5.41, 5.74) is -0.208. The SMILES string of the molecule is CC[C@H](C)NC(=O)Cn1c(=O)n(S(=O)(=O)c2ccc(OC)cc2)c2ccccc21. The molecule has 9 heteroatoms. The summed E-state index contributed by atoms with van der Waals surface area (Å²) >= 11 is 0. The summed E-state index contributed by atoms with van der Waals surface area (Å²) in [6.07, 6.45) is 0.744. The van der Waals surface area contributed by atoms with Gasteiger partial charge in [0.15, 0.2) is 0 Å². The lowest BCUT2D eigenvalue weighted by atomic mass is 10.2. The predicted octanol–water partition coefficient (Wildman–Crippen LogP) is 1.96. The number of carbonyl (C=O) groups excluding carboxylic acids is 1. The molecule has 1 N–H and O–H groups in total. The number of imidazole rings is 1. The maximum atomic E-state index is 13.2. The number of benzene rings is 2. The molecule has 1 amide bonds. The Morgan fingerprint density at radius 1 is 1.10 bits per heavy atom. The van der Waals surface area contributed by atoms with Gasteiger partial charge in [-0.3, -0.25) is 9.36 Å². The van der Waals surface area contributed by atoms with Crippen LogP contribution in [0.3, 0.4) is 0 Å². The number of amides is 1. The Hall–Kier alpha value is -3.07. The van der Waals surface area contributed by atoms with Crippen LogP contribution in [-0.4, -0.2) is 36.0 Å². The van der Waals surface area contributed by atoms with Crippen molar-refractivity contribution in [1.29, 1.82) is 0 Å². The minimum absolute atomic E-state index is 0.0467. The molecule has 1 atom stereocenters. The van der Waals surface area contributed by atoms with Crippen molar-refractivity contribution >= 4 is 27.0 Å². The first-order valence-electron chi connectivity index (χ1n) is 9.18. The van der Waals surface area contributed by atoms with Crippen LogP contribution in [0.25, 0.3) is 11.0 Å². The average Bonchev–Trinajstić information content (AvgIpc) is 3.00. The number of nitrogens with one attached hydrogen (secondary N) is 1. The molecule has 0 aliphatic heterocycles. The Balaban J connectivity index is 2.12. The number of nitrogens with zero attached hydrogens (tertiary/aromatic N) is 2. The van der Waals surface area contributed by atoms with Crippen molar-refractivity contribution in [1.82, 2.24) is 13.9 Å². The maximum absolute atomic E-state index is 13.2. The van der Waals surface area contributed by atoms with Crippen LogP contribution in [0, 0.1) is 0 Å². The third-order valence-corrected chi connectivity index (χ3v) is 6.42. The van der Waals surface area contributed by atoms with Gasteiger partial charge in [-0.1, -0.05) is 19.1 Å². The van der Waals surface area contributed by atoms with Crippen LogP contribution in [-0.2, 0) is 21.4 Å². The molecule has 0 saturated heterocycles. The second-order valence-corrected chi connectivity index (χ2v) is 8.47. The van der Waals surface area contributed by atoms with Crippen molar-refractivity contribution < 1.29 is 17.9 Å². The van der Waals surface area contributed by atoms with Gasteiger partial charge in [-0.15, -0.1) is 0 Å². The predicted molar refractivity (Wildman–Crippen MR) is 110 cm³/mol. The number of hydrogen-bond donors (Lipinski definition) is 1. The lowest BCUT2D eigenvalue weighted by molar-refractivity contribution is -0.122. The van der Waals surface area contributed by atoms with Crippen LogP contribution in [0.1, 0.15) is 20.3 Å². The van der Waals surface area contributed by atoms with Crippen molar-refractivity contribution in [3.05, 3.63) is 59.0 Å². The van der Waals surface area contributed by atoms with Gasteiger partial charge in [0.25, 0.3) is 10.0 Å². The van der Waals surface area contributed by atoms with Crippen molar-refractivity contribution in [3.8, 4) is 5.75 Å². The fourth-order valence-corrected chi connectivity index (χ4v) is 4.39. The zero-order valence-electron chi connectivity index (χ0n) is 16.5. The van der Waals surface area contributed by atoms with E-state index >= 15 is 0 Å². The van der Waals surface area contributed by atoms with Gasteiger partial charge >= 0.3 is 5.69 Å². The van der Waals surface area contributed by atoms with E-state index < -0.39 is 15.7 Å². The molecule has 0 saturated carbocycles. The van der Waals surface area contributed by atoms with E-state index in [4.69, 9.17) is 4.74 Å². The number of fused-ring (bicyclic) bond motifs is 1. The van der Waals surface area contributed by atoms with E-state index in [1.54, 1.807) is 24.3 Å². The van der Waals surface area contributed by atoms with Gasteiger partial charge < -0.3 is 10.1 Å². The number of ether oxygens (including phenoxy) is 1. The van der Waals surface area contributed by atoms with E-state index in [2.05, 4.69) is 5.32 Å². The Kier molecular flexibility index (Phi) is 5.78. The molecule has 29 heavy (non-hydrogen) atoms. The van der Waals surface area contributed by atoms with Gasteiger partial charge in [-0.25, -0.2) is 13.2 Å². The summed E-state index contributed by atoms with van der Waals surface area (Å²) in [7, 11) is -2.69. The highest BCUT2D eigenvalue weighted by Crippen LogP contribution is 2.21. The second kappa shape index (κ2) is 8.12. The Morgan fingerprint density at radius 2 is 1.72 bits per heavy atom. The molecule has 0 spiro atoms. The third-order valence-electron chi connectivity index (χ3n) is 4.72. The molecule has 1 aromatic heterocycles. The minimum atomic E-state index is -4.17. The van der Waals surface area contributed by atoms with Gasteiger partial charge in [-0.2, -0.15) is 3.97 Å². The molecule has 0 fully saturated rings. The van der Waals surface area contributed by atoms with Gasteiger partial charge in [-0.05, 0) is 49.7 Å². The quantitative estimate of drug-likeness (QED) is 0.634. The molecule has 154 valence electrons. The lowest BCUT2D eigenvalue weighted by Crippen LogP contribution is -2.38. The van der Waals surface area contributed by atoms with E-state index in [1.165, 1.54) is 35.9 Å². The highest BCUT2D eigenvalue weighted by molar-refractivity contribution is 7.90. The molecule has 0 unspecified atom stereocenters. The maximum Gasteiger partial charge on any atom is 0.343 e. The molecule has 0 aliphatic carbocycles. The van der Waals surface area contributed by atoms with Crippen molar-refractivity contribution in [2.24, 2.45) is 0 Å². The van der Waals surface area contributed by atoms with Crippen LogP contribution in [0.15, 0.2) is 58.2 Å². The molecule has 3 rings (SSSR count). The average molecular weight is 417 g/mol. The molecule has 0 bridgehead atoms. The highest BCUT2D eigenvalue weighted by Gasteiger charge is 2.26. The normalized spacial score (nSPS) is 12.7. The summed E-state index contributed by atoms with van der Waals surface area (Å²) in [5.74, 6) is 0.145. The molecule has 2 aromatic carbocycles. The van der Waals surface area contributed by atoms with Crippen molar-refractivity contribution in [3.63, 3.8) is 0 Å². The zero-order chi connectivity index (χ0) is 21.2. The number of carbonyl (C=O) groups is 1. The standard InChI is InChI=1S/C20H23N3O5S/c1-4-14(2)21-19(24)13-22-17-7-5-6-8-18(17)23(20(22)25)29(26,27)16-11-9-15(28-3)10-12-16/h5-12,14H,4,13H2,1-3H3,(H,21,24)/t14-/m0/s1. The first kappa shape index (κ1) is 20.7. The highest BCUT2D eigenvalue weighted by atomic mass is 32.2. The molecule has 0 aliphatic rings. The van der Waals surface area contributed by atoms with Gasteiger partial charge in [0.05, 0.1) is 23.0 Å². The van der Waals surface area contributed by atoms with Gasteiger partial charge in [0.2, 0.25) is 5.91 Å². The van der Waals surface area contributed by atoms with E-state index in [-0.39, 0.29) is 28.9 Å². The second-order valence-electron chi connectivity index (χ2n) is 6.68. The zero-order valence-corrected chi connectivity index (χ0v) is 17.3. The molecular formula is C20H23N3O5S. The lowest BCUT2D eigenvalue weighted by Gasteiger charge is -2.11. The molecule has 1 heterocycles. The number of para-hydroxylation sites is 2. The number of methoxy groups -OCH3 is 1. The summed E-state index contributed by atoms with van der Waals surface area (Å²) in [6.45, 7) is 3.53. The molecule has 8 nitrogen and oxygen atoms in total. The summed E-state index contributed by atoms with van der Waals surface area (Å²) in [5, 5.41) is 2.79. The summed E-state index contributed by atoms with van der Waals surface area (Å²) in [4.78, 5) is 25.3. The first-order chi connectivity index (χ1) is 13.8.